The van der Waals surface area contributed by atoms with Crippen molar-refractivity contribution in [2.24, 2.45) is 0 Å². The van der Waals surface area contributed by atoms with Crippen molar-refractivity contribution < 1.29 is 44.9 Å². The zero-order chi connectivity index (χ0) is 18.6. The average Bonchev–Trinajstić information content (AvgIpc) is 2.58. The highest BCUT2D eigenvalue weighted by Crippen LogP contribution is 2.25. The van der Waals surface area contributed by atoms with Crippen LogP contribution in [0.1, 0.15) is 5.56 Å². The number of aromatic hydroxyl groups is 2. The average molecular weight is 359 g/mol. The summed E-state index contributed by atoms with van der Waals surface area (Å²) in [5.41, 5.74) is 0.656. The predicted molar refractivity (Wildman–Crippen MR) is 81.7 cm³/mol. The van der Waals surface area contributed by atoms with E-state index in [2.05, 4.69) is 5.32 Å². The van der Waals surface area contributed by atoms with E-state index >= 15 is 0 Å². The molecule has 25 heavy (non-hydrogen) atoms. The Hall–Kier alpha value is -2.11. The molecule has 10 nitrogen and oxygen atoms in total. The van der Waals surface area contributed by atoms with Crippen molar-refractivity contribution in [2.45, 2.75) is 37.1 Å². The van der Waals surface area contributed by atoms with Crippen LogP contribution in [0.3, 0.4) is 0 Å². The van der Waals surface area contributed by atoms with Gasteiger partial charge < -0.3 is 45.4 Å². The van der Waals surface area contributed by atoms with Gasteiger partial charge >= 0.3 is 6.09 Å². The van der Waals surface area contributed by atoms with Crippen LogP contribution in [0.25, 0.3) is 0 Å². The number of phenolic OH excluding ortho intramolecular Hbond substituents is 2. The summed E-state index contributed by atoms with van der Waals surface area (Å²) in [5.74, 6) is -0.528. The fourth-order valence-corrected chi connectivity index (χ4v) is 2.35. The van der Waals surface area contributed by atoms with Gasteiger partial charge in [-0.1, -0.05) is 6.07 Å². The van der Waals surface area contributed by atoms with Crippen LogP contribution in [-0.2, 0) is 15.9 Å². The topological polar surface area (TPSA) is 169 Å². The monoisotopic (exact) mass is 359 g/mol. The van der Waals surface area contributed by atoms with E-state index in [1.54, 1.807) is 6.07 Å². The van der Waals surface area contributed by atoms with Crippen molar-refractivity contribution in [3.8, 4) is 11.5 Å². The van der Waals surface area contributed by atoms with Gasteiger partial charge in [-0.15, -0.1) is 0 Å². The molecule has 0 unspecified atom stereocenters. The largest absolute Gasteiger partial charge is 0.504 e. The van der Waals surface area contributed by atoms with Crippen LogP contribution in [-0.4, -0.2) is 80.6 Å². The molecule has 1 fully saturated rings. The summed E-state index contributed by atoms with van der Waals surface area (Å²) in [6.07, 6.45) is -8.17. The lowest BCUT2D eigenvalue weighted by Gasteiger charge is -2.39. The minimum Gasteiger partial charge on any atom is -0.504 e. The summed E-state index contributed by atoms with van der Waals surface area (Å²) in [4.78, 5) is 11.7. The van der Waals surface area contributed by atoms with Gasteiger partial charge in [0.25, 0.3) is 0 Å². The lowest BCUT2D eigenvalue weighted by molar-refractivity contribution is -0.284. The smallest absolute Gasteiger partial charge is 0.409 e. The summed E-state index contributed by atoms with van der Waals surface area (Å²) in [7, 11) is 0. The molecule has 1 aliphatic rings. The normalized spacial score (nSPS) is 29.2. The highest BCUT2D eigenvalue weighted by molar-refractivity contribution is 5.67. The molecule has 1 saturated heterocycles. The molecular formula is C15H21NO9. The maximum absolute atomic E-state index is 11.7. The number of phenols is 2. The predicted octanol–water partition coefficient (Wildman–Crippen LogP) is -1.83. The van der Waals surface area contributed by atoms with E-state index in [0.29, 0.717) is 12.0 Å². The lowest BCUT2D eigenvalue weighted by Crippen LogP contribution is -2.59. The fraction of sp³-hybridized carbons (Fsp3) is 0.533. The molecular weight excluding hydrogens is 338 g/mol. The Morgan fingerprint density at radius 3 is 2.48 bits per heavy atom. The van der Waals surface area contributed by atoms with Gasteiger partial charge in [-0.25, -0.2) is 4.79 Å². The maximum atomic E-state index is 11.7. The number of ether oxygens (including phenoxy) is 2. The number of hydrogen-bond acceptors (Lipinski definition) is 9. The van der Waals surface area contributed by atoms with E-state index < -0.39 is 43.4 Å². The third-order valence-corrected chi connectivity index (χ3v) is 3.79. The Morgan fingerprint density at radius 1 is 1.12 bits per heavy atom. The molecule has 0 aliphatic carbocycles. The molecule has 1 aromatic carbocycles. The van der Waals surface area contributed by atoms with Crippen molar-refractivity contribution in [3.63, 3.8) is 0 Å². The van der Waals surface area contributed by atoms with Gasteiger partial charge in [0, 0.05) is 6.54 Å². The van der Waals surface area contributed by atoms with Crippen molar-refractivity contribution >= 4 is 6.09 Å². The molecule has 0 aromatic heterocycles. The van der Waals surface area contributed by atoms with E-state index in [0.717, 1.165) is 0 Å². The van der Waals surface area contributed by atoms with Crippen LogP contribution in [0.4, 0.5) is 4.79 Å². The van der Waals surface area contributed by atoms with Gasteiger partial charge in [0.05, 0.1) is 6.61 Å². The number of nitrogens with one attached hydrogen (secondary N) is 1. The lowest BCUT2D eigenvalue weighted by atomic mass is 9.99. The Balaban J connectivity index is 1.82. The number of aliphatic hydroxyl groups excluding tert-OH is 4. The van der Waals surface area contributed by atoms with Gasteiger partial charge in [0.2, 0.25) is 6.29 Å². The molecule has 2 rings (SSSR count). The van der Waals surface area contributed by atoms with E-state index in [9.17, 15) is 30.3 Å². The summed E-state index contributed by atoms with van der Waals surface area (Å²) < 4.78 is 9.88. The maximum Gasteiger partial charge on any atom is 0.409 e. The first-order valence-electron chi connectivity index (χ1n) is 7.59. The third-order valence-electron chi connectivity index (χ3n) is 3.79. The zero-order valence-electron chi connectivity index (χ0n) is 13.1. The number of amides is 1. The second-order valence-electron chi connectivity index (χ2n) is 5.60. The van der Waals surface area contributed by atoms with Gasteiger partial charge in [0.1, 0.15) is 24.4 Å². The first-order chi connectivity index (χ1) is 11.8. The summed E-state index contributed by atoms with van der Waals surface area (Å²) >= 11 is 0. The number of benzene rings is 1. The quantitative estimate of drug-likeness (QED) is 0.299. The zero-order valence-corrected chi connectivity index (χ0v) is 13.1. The Bertz CT molecular complexity index is 594. The molecule has 0 bridgehead atoms. The van der Waals surface area contributed by atoms with E-state index in [4.69, 9.17) is 14.6 Å². The fourth-order valence-electron chi connectivity index (χ4n) is 2.35. The van der Waals surface area contributed by atoms with Crippen molar-refractivity contribution in [3.05, 3.63) is 23.8 Å². The van der Waals surface area contributed by atoms with Crippen LogP contribution in [0.5, 0.6) is 11.5 Å². The van der Waals surface area contributed by atoms with Crippen molar-refractivity contribution in [1.29, 1.82) is 0 Å². The summed E-state index contributed by atoms with van der Waals surface area (Å²) in [5, 5.41) is 59.0. The van der Waals surface area contributed by atoms with Gasteiger partial charge in [-0.3, -0.25) is 0 Å². The molecule has 140 valence electrons. The number of aliphatic hydroxyl groups is 4. The van der Waals surface area contributed by atoms with E-state index in [1.165, 1.54) is 12.1 Å². The molecule has 5 atom stereocenters. The standard InChI is InChI=1S/C15H21NO9/c17-6-10-11(20)12(21)13(22)14(24-10)25-15(23)16-4-3-7-1-2-8(18)9(19)5-7/h1-2,5,10-14,17-22H,3-4,6H2,(H,16,23)/t10-,11-,12+,13-,14+/m1/s1. The van der Waals surface area contributed by atoms with Crippen LogP contribution in [0.2, 0.25) is 0 Å². The molecule has 0 radical (unpaired) electrons. The van der Waals surface area contributed by atoms with Crippen molar-refractivity contribution in [2.75, 3.05) is 13.2 Å². The first kappa shape index (κ1) is 19.2. The van der Waals surface area contributed by atoms with Crippen molar-refractivity contribution in [1.82, 2.24) is 5.32 Å². The third kappa shape index (κ3) is 4.71. The highest BCUT2D eigenvalue weighted by Gasteiger charge is 2.45. The summed E-state index contributed by atoms with van der Waals surface area (Å²) in [6.45, 7) is -0.503. The van der Waals surface area contributed by atoms with Crippen LogP contribution in [0.15, 0.2) is 18.2 Å². The van der Waals surface area contributed by atoms with E-state index in [-0.39, 0.29) is 18.0 Å². The molecule has 7 N–H and O–H groups in total. The summed E-state index contributed by atoms with van der Waals surface area (Å²) in [6, 6.07) is 4.23. The van der Waals surface area contributed by atoms with Gasteiger partial charge in [-0.05, 0) is 24.1 Å². The molecule has 10 heteroatoms. The number of alkyl carbamates (subject to hydrolysis) is 1. The number of rotatable bonds is 5. The molecule has 1 heterocycles. The van der Waals surface area contributed by atoms with Gasteiger partial charge in [-0.2, -0.15) is 0 Å². The number of carbonyl (C=O) groups excluding carboxylic acids is 1. The van der Waals surface area contributed by atoms with Crippen LogP contribution >= 0.6 is 0 Å². The minimum atomic E-state index is -1.67. The van der Waals surface area contributed by atoms with Crippen LogP contribution in [0, 0.1) is 0 Å². The molecule has 1 amide bonds. The molecule has 1 aromatic rings. The highest BCUT2D eigenvalue weighted by atomic mass is 16.7. The minimum absolute atomic E-state index is 0.125. The number of hydrogen-bond donors (Lipinski definition) is 7. The van der Waals surface area contributed by atoms with Gasteiger partial charge in [0.15, 0.2) is 11.5 Å². The second kappa shape index (κ2) is 8.32. The number of carbonyl (C=O) groups is 1. The SMILES string of the molecule is O=C(NCCc1ccc(O)c(O)c1)O[C@@H]1O[C@H](CO)[C@@H](O)[C@H](O)[C@H]1O. The Morgan fingerprint density at radius 2 is 1.84 bits per heavy atom. The van der Waals surface area contributed by atoms with E-state index in [1.807, 2.05) is 0 Å². The first-order valence-corrected chi connectivity index (χ1v) is 7.59. The Labute approximate surface area is 142 Å². The second-order valence-corrected chi connectivity index (χ2v) is 5.60. The molecule has 0 spiro atoms. The molecule has 0 saturated carbocycles. The Kier molecular flexibility index (Phi) is 6.39. The molecule has 1 aliphatic heterocycles. The van der Waals surface area contributed by atoms with Crippen LogP contribution < -0.4 is 5.32 Å².